The van der Waals surface area contributed by atoms with E-state index < -0.39 is 6.09 Å². The highest BCUT2D eigenvalue weighted by atomic mass is 35.5. The molecule has 27 heavy (non-hydrogen) atoms. The highest BCUT2D eigenvalue weighted by molar-refractivity contribution is 6.30. The summed E-state index contributed by atoms with van der Waals surface area (Å²) in [6, 6.07) is 7.17. The van der Waals surface area contributed by atoms with Gasteiger partial charge in [0.25, 0.3) is 0 Å². The van der Waals surface area contributed by atoms with E-state index in [0.717, 1.165) is 18.7 Å². The van der Waals surface area contributed by atoms with Gasteiger partial charge in [-0.05, 0) is 17.7 Å². The quantitative estimate of drug-likeness (QED) is 0.825. The minimum Gasteiger partial charge on any atom is -0.465 e. The number of carboxylic acid groups (broad SMARTS) is 1. The van der Waals surface area contributed by atoms with E-state index in [4.69, 9.17) is 16.3 Å². The first-order chi connectivity index (χ1) is 13.0. The van der Waals surface area contributed by atoms with Crippen molar-refractivity contribution in [1.82, 2.24) is 14.7 Å². The summed E-state index contributed by atoms with van der Waals surface area (Å²) in [7, 11) is 1.57. The second-order valence-corrected chi connectivity index (χ2v) is 7.56. The van der Waals surface area contributed by atoms with Crippen LogP contribution in [0.1, 0.15) is 17.9 Å². The molecule has 8 heteroatoms. The van der Waals surface area contributed by atoms with Crippen LogP contribution in [0.2, 0.25) is 5.02 Å². The van der Waals surface area contributed by atoms with Gasteiger partial charge in [-0.1, -0.05) is 23.7 Å². The van der Waals surface area contributed by atoms with Crippen molar-refractivity contribution in [2.45, 2.75) is 18.4 Å². The number of carbonyl (C=O) groups excluding carboxylic acids is 1. The van der Waals surface area contributed by atoms with Crippen molar-refractivity contribution in [2.24, 2.45) is 0 Å². The number of benzene rings is 1. The van der Waals surface area contributed by atoms with Crippen LogP contribution in [0.25, 0.3) is 0 Å². The minimum atomic E-state index is -0.985. The smallest absolute Gasteiger partial charge is 0.407 e. The van der Waals surface area contributed by atoms with Crippen LogP contribution >= 0.6 is 11.6 Å². The van der Waals surface area contributed by atoms with Crippen LogP contribution in [-0.4, -0.2) is 90.8 Å². The summed E-state index contributed by atoms with van der Waals surface area (Å²) in [6.45, 7) is 4.77. The maximum Gasteiger partial charge on any atom is 0.407 e. The monoisotopic (exact) mass is 395 g/mol. The Morgan fingerprint density at radius 2 is 1.89 bits per heavy atom. The number of amides is 2. The van der Waals surface area contributed by atoms with Gasteiger partial charge < -0.3 is 19.6 Å². The van der Waals surface area contributed by atoms with Gasteiger partial charge in [0.1, 0.15) is 0 Å². The van der Waals surface area contributed by atoms with Crippen molar-refractivity contribution in [3.05, 3.63) is 34.9 Å². The number of hydrogen-bond donors (Lipinski definition) is 1. The van der Waals surface area contributed by atoms with Crippen molar-refractivity contribution in [3.8, 4) is 0 Å². The first kappa shape index (κ1) is 19.9. The van der Waals surface area contributed by atoms with Gasteiger partial charge in [0.2, 0.25) is 5.91 Å². The van der Waals surface area contributed by atoms with Gasteiger partial charge >= 0.3 is 6.09 Å². The fourth-order valence-electron chi connectivity index (χ4n) is 3.80. The molecule has 0 saturated carbocycles. The van der Waals surface area contributed by atoms with E-state index in [1.165, 1.54) is 4.90 Å². The molecule has 0 bridgehead atoms. The highest BCUT2D eigenvalue weighted by Gasteiger charge is 2.39. The predicted molar refractivity (Wildman–Crippen MR) is 102 cm³/mol. The Hall–Kier alpha value is -1.83. The standard InChI is InChI=1S/C19H26ClN3O4/c1-21(19(25)26)17-13-23(12-16(17)14-2-4-15(20)5-3-14)18(24)6-7-22-8-10-27-11-9-22/h2-5,16-17H,6-13H2,1H3,(H,25,26)/t16-,17+/m0/s1. The largest absolute Gasteiger partial charge is 0.465 e. The maximum atomic E-state index is 12.7. The van der Waals surface area contributed by atoms with E-state index in [2.05, 4.69) is 4.90 Å². The van der Waals surface area contributed by atoms with E-state index in [1.54, 1.807) is 24.1 Å². The molecule has 3 rings (SSSR count). The molecule has 0 aliphatic carbocycles. The molecule has 0 unspecified atom stereocenters. The van der Waals surface area contributed by atoms with Crippen LogP contribution in [0, 0.1) is 0 Å². The molecule has 2 saturated heterocycles. The van der Waals surface area contributed by atoms with E-state index in [1.807, 2.05) is 12.1 Å². The molecule has 0 spiro atoms. The number of likely N-dealkylation sites (tertiary alicyclic amines) is 1. The third-order valence-corrected chi connectivity index (χ3v) is 5.74. The summed E-state index contributed by atoms with van der Waals surface area (Å²) < 4.78 is 5.33. The third-order valence-electron chi connectivity index (χ3n) is 5.48. The molecule has 7 nitrogen and oxygen atoms in total. The fourth-order valence-corrected chi connectivity index (χ4v) is 3.92. The summed E-state index contributed by atoms with van der Waals surface area (Å²) in [6.07, 6.45) is -0.543. The lowest BCUT2D eigenvalue weighted by molar-refractivity contribution is -0.130. The van der Waals surface area contributed by atoms with Crippen LogP contribution in [-0.2, 0) is 9.53 Å². The second kappa shape index (κ2) is 8.91. The van der Waals surface area contributed by atoms with Gasteiger partial charge in [-0.3, -0.25) is 9.69 Å². The number of carbonyl (C=O) groups is 2. The normalized spacial score (nSPS) is 23.4. The molecule has 2 aliphatic heterocycles. The van der Waals surface area contributed by atoms with Gasteiger partial charge in [0, 0.05) is 57.1 Å². The van der Waals surface area contributed by atoms with Gasteiger partial charge in [0.05, 0.1) is 19.3 Å². The number of morpholine rings is 1. The Bertz CT molecular complexity index is 663. The Morgan fingerprint density at radius 1 is 1.22 bits per heavy atom. The summed E-state index contributed by atoms with van der Waals surface area (Å²) in [5.41, 5.74) is 1.00. The molecular formula is C19H26ClN3O4. The Labute approximate surface area is 164 Å². The van der Waals surface area contributed by atoms with Gasteiger partial charge in [-0.2, -0.15) is 0 Å². The molecule has 1 N–H and O–H groups in total. The van der Waals surface area contributed by atoms with Crippen LogP contribution in [0.4, 0.5) is 4.79 Å². The van der Waals surface area contributed by atoms with Crippen molar-refractivity contribution >= 4 is 23.6 Å². The number of likely N-dealkylation sites (N-methyl/N-ethyl adjacent to an activating group) is 1. The number of rotatable bonds is 5. The Kier molecular flexibility index (Phi) is 6.57. The third kappa shape index (κ3) is 4.91. The fraction of sp³-hybridized carbons (Fsp3) is 0.579. The van der Waals surface area contributed by atoms with Crippen molar-refractivity contribution < 1.29 is 19.4 Å². The zero-order valence-corrected chi connectivity index (χ0v) is 16.3. The lowest BCUT2D eigenvalue weighted by Gasteiger charge is -2.27. The van der Waals surface area contributed by atoms with Gasteiger partial charge in [-0.15, -0.1) is 0 Å². The molecule has 2 atom stereocenters. The van der Waals surface area contributed by atoms with Crippen molar-refractivity contribution in [2.75, 3.05) is 53.0 Å². The molecule has 2 fully saturated rings. The molecule has 1 aromatic carbocycles. The average molecular weight is 396 g/mol. The lowest BCUT2D eigenvalue weighted by atomic mass is 9.94. The number of nitrogens with zero attached hydrogens (tertiary/aromatic N) is 3. The Balaban J connectivity index is 1.67. The lowest BCUT2D eigenvalue weighted by Crippen LogP contribution is -2.42. The maximum absolute atomic E-state index is 12.7. The predicted octanol–water partition coefficient (Wildman–Crippen LogP) is 1.97. The number of halogens is 1. The van der Waals surface area contributed by atoms with Crippen LogP contribution in [0.15, 0.2) is 24.3 Å². The first-order valence-electron chi connectivity index (χ1n) is 9.25. The van der Waals surface area contributed by atoms with E-state index in [0.29, 0.717) is 44.3 Å². The zero-order chi connectivity index (χ0) is 19.4. The molecular weight excluding hydrogens is 370 g/mol. The molecule has 148 valence electrons. The molecule has 0 aromatic heterocycles. The van der Waals surface area contributed by atoms with Crippen molar-refractivity contribution in [1.29, 1.82) is 0 Å². The molecule has 2 amide bonds. The van der Waals surface area contributed by atoms with E-state index in [9.17, 15) is 14.7 Å². The number of ether oxygens (including phenoxy) is 1. The SMILES string of the molecule is CN(C(=O)O)[C@@H]1CN(C(=O)CCN2CCOCC2)C[C@H]1c1ccc(Cl)cc1. The summed E-state index contributed by atoms with van der Waals surface area (Å²) in [5, 5.41) is 10.1. The molecule has 2 heterocycles. The molecule has 0 radical (unpaired) electrons. The first-order valence-corrected chi connectivity index (χ1v) is 9.62. The topological polar surface area (TPSA) is 73.3 Å². The zero-order valence-electron chi connectivity index (χ0n) is 15.5. The molecule has 1 aromatic rings. The minimum absolute atomic E-state index is 0.0595. The van der Waals surface area contributed by atoms with Gasteiger partial charge in [0.15, 0.2) is 0 Å². The van der Waals surface area contributed by atoms with Gasteiger partial charge in [-0.25, -0.2) is 4.79 Å². The second-order valence-electron chi connectivity index (χ2n) is 7.12. The van der Waals surface area contributed by atoms with E-state index >= 15 is 0 Å². The summed E-state index contributed by atoms with van der Waals surface area (Å²) in [5.74, 6) is 0.0115. The van der Waals surface area contributed by atoms with Crippen molar-refractivity contribution in [3.63, 3.8) is 0 Å². The van der Waals surface area contributed by atoms with Crippen LogP contribution in [0.3, 0.4) is 0 Å². The molecule has 2 aliphatic rings. The average Bonchev–Trinajstić information content (AvgIpc) is 3.12. The highest BCUT2D eigenvalue weighted by Crippen LogP contribution is 2.32. The van der Waals surface area contributed by atoms with E-state index in [-0.39, 0.29) is 17.9 Å². The van der Waals surface area contributed by atoms with Crippen LogP contribution < -0.4 is 0 Å². The summed E-state index contributed by atoms with van der Waals surface area (Å²) >= 11 is 5.98. The van der Waals surface area contributed by atoms with Crippen LogP contribution in [0.5, 0.6) is 0 Å². The summed E-state index contributed by atoms with van der Waals surface area (Å²) in [4.78, 5) is 29.6. The number of hydrogen-bond acceptors (Lipinski definition) is 4. The Morgan fingerprint density at radius 3 is 2.52 bits per heavy atom.